The molecule has 4 aliphatic rings. The molecule has 2 N–H and O–H groups in total. The maximum absolute atomic E-state index is 14.0. The summed E-state index contributed by atoms with van der Waals surface area (Å²) < 4.78 is 19.7. The number of fused-ring (bicyclic) bond motifs is 4. The zero-order valence-corrected chi connectivity index (χ0v) is 27.0. The van der Waals surface area contributed by atoms with Crippen LogP contribution in [0.5, 0.6) is 0 Å². The first kappa shape index (κ1) is 33.5. The van der Waals surface area contributed by atoms with Crippen molar-refractivity contribution in [1.29, 1.82) is 0 Å². The number of aliphatic hydroxyl groups excluding tert-OH is 1. The molecular formula is C34H49N3O8. The van der Waals surface area contributed by atoms with Gasteiger partial charge >= 0.3 is 5.97 Å². The third kappa shape index (κ3) is 6.69. The van der Waals surface area contributed by atoms with Crippen LogP contribution in [0, 0.1) is 5.41 Å². The lowest BCUT2D eigenvalue weighted by molar-refractivity contribution is -0.224. The van der Waals surface area contributed by atoms with Crippen LogP contribution in [0.3, 0.4) is 0 Å². The monoisotopic (exact) mass is 627 g/mol. The van der Waals surface area contributed by atoms with Gasteiger partial charge in [-0.05, 0) is 30.0 Å². The third-order valence-corrected chi connectivity index (χ3v) is 9.57. The summed E-state index contributed by atoms with van der Waals surface area (Å²) in [7, 11) is 3.39. The Bertz CT molecular complexity index is 1230. The van der Waals surface area contributed by atoms with E-state index in [1.807, 2.05) is 24.3 Å². The van der Waals surface area contributed by atoms with Crippen molar-refractivity contribution >= 4 is 23.9 Å². The molecule has 6 atom stereocenters. The predicted molar refractivity (Wildman–Crippen MR) is 166 cm³/mol. The lowest BCUT2D eigenvalue weighted by Crippen LogP contribution is -2.69. The highest BCUT2D eigenvalue weighted by molar-refractivity contribution is 5.93. The predicted octanol–water partition coefficient (Wildman–Crippen LogP) is 3.34. The van der Waals surface area contributed by atoms with Gasteiger partial charge in [-0.1, -0.05) is 63.8 Å². The number of esters is 1. The Morgan fingerprint density at radius 2 is 1.71 bits per heavy atom. The smallest absolute Gasteiger partial charge is 0.327 e. The molecule has 2 amide bonds. The number of benzene rings is 1. The van der Waals surface area contributed by atoms with Crippen molar-refractivity contribution < 1.29 is 38.5 Å². The summed E-state index contributed by atoms with van der Waals surface area (Å²) in [5, 5.41) is 13.9. The molecule has 3 saturated heterocycles. The van der Waals surface area contributed by atoms with Gasteiger partial charge in [-0.15, -0.1) is 0 Å². The summed E-state index contributed by atoms with van der Waals surface area (Å²) >= 11 is 0. The summed E-state index contributed by atoms with van der Waals surface area (Å²) in [6, 6.07) is 6.61. The summed E-state index contributed by atoms with van der Waals surface area (Å²) in [6.07, 6.45) is 8.54. The Balaban J connectivity index is 1.44. The maximum Gasteiger partial charge on any atom is 0.327 e. The Labute approximate surface area is 266 Å². The number of hydroxylamine groups is 2. The molecule has 3 heterocycles. The lowest BCUT2D eigenvalue weighted by Gasteiger charge is -2.48. The molecule has 1 aliphatic carbocycles. The van der Waals surface area contributed by atoms with E-state index in [1.54, 1.807) is 25.2 Å². The number of unbranched alkanes of at least 4 members (excludes halogenated alkanes) is 4. The second kappa shape index (κ2) is 14.3. The molecule has 1 saturated carbocycles. The highest BCUT2D eigenvalue weighted by atomic mass is 16.8. The molecule has 0 spiro atoms. The summed E-state index contributed by atoms with van der Waals surface area (Å²) in [5.74, 6) is -1.80. The molecule has 0 radical (unpaired) electrons. The van der Waals surface area contributed by atoms with Gasteiger partial charge in [0, 0.05) is 46.0 Å². The van der Waals surface area contributed by atoms with E-state index in [4.69, 9.17) is 19.0 Å². The molecular weight excluding hydrogens is 578 g/mol. The van der Waals surface area contributed by atoms with Gasteiger partial charge in [-0.2, -0.15) is 5.06 Å². The fraction of sp³-hybridized carbons (Fsp3) is 0.676. The van der Waals surface area contributed by atoms with Crippen molar-refractivity contribution in [3.8, 4) is 0 Å². The molecule has 1 aromatic rings. The van der Waals surface area contributed by atoms with E-state index in [2.05, 4.69) is 19.2 Å². The second-order valence-electron chi connectivity index (χ2n) is 13.0. The first-order chi connectivity index (χ1) is 21.7. The van der Waals surface area contributed by atoms with Crippen LogP contribution >= 0.6 is 0 Å². The van der Waals surface area contributed by atoms with Crippen molar-refractivity contribution in [2.45, 2.75) is 114 Å². The largest absolute Gasteiger partial charge is 0.458 e. The Hall–Kier alpha value is -2.83. The van der Waals surface area contributed by atoms with Crippen LogP contribution in [-0.4, -0.2) is 96.3 Å². The molecule has 5 rings (SSSR count). The van der Waals surface area contributed by atoms with Crippen molar-refractivity contribution in [2.75, 3.05) is 27.2 Å². The number of nitrogens with zero attached hydrogens (tertiary/aromatic N) is 2. The summed E-state index contributed by atoms with van der Waals surface area (Å²) in [6.45, 7) is 4.39. The first-order valence-corrected chi connectivity index (χ1v) is 16.5. The minimum Gasteiger partial charge on any atom is -0.458 e. The van der Waals surface area contributed by atoms with Crippen molar-refractivity contribution in [3.63, 3.8) is 0 Å². The fourth-order valence-corrected chi connectivity index (χ4v) is 7.26. The minimum absolute atomic E-state index is 0.0640. The highest BCUT2D eigenvalue weighted by Gasteiger charge is 2.76. The molecule has 2 bridgehead atoms. The topological polar surface area (TPSA) is 127 Å². The van der Waals surface area contributed by atoms with Gasteiger partial charge < -0.3 is 29.5 Å². The minimum atomic E-state index is -1.27. The van der Waals surface area contributed by atoms with Gasteiger partial charge in [0.25, 0.3) is 0 Å². The number of ether oxygens (including phenoxy) is 3. The molecule has 11 heteroatoms. The number of rotatable bonds is 15. The lowest BCUT2D eigenvalue weighted by atomic mass is 9.62. The molecule has 4 fully saturated rings. The quantitative estimate of drug-likeness (QED) is 0.171. The molecule has 11 nitrogen and oxygen atoms in total. The zero-order chi connectivity index (χ0) is 32.2. The number of carbonyl (C=O) groups is 3. The van der Waals surface area contributed by atoms with Crippen LogP contribution in [0.25, 0.3) is 6.08 Å². The van der Waals surface area contributed by atoms with Gasteiger partial charge in [0.2, 0.25) is 11.8 Å². The van der Waals surface area contributed by atoms with E-state index in [9.17, 15) is 19.5 Å². The summed E-state index contributed by atoms with van der Waals surface area (Å²) in [4.78, 5) is 47.8. The standard InChI is InChI=1S/C34H49N3O8/c1-5-7-9-17-33(18-10-8-6-2)43-27-25-21-34(32(41)35-19-20-38)29(31(40)42-25)37(45-30(34)28(27)44-33)22-24-13-11-23(12-14-24)15-16-26(39)36(3)4/h11-16,25,27-30,38H,5-10,17-22H2,1-4H3,(H,35,41)/t25?,27-,28-,29-,30+,34?/m0/s1. The zero-order valence-electron chi connectivity index (χ0n) is 27.0. The van der Waals surface area contributed by atoms with E-state index in [-0.39, 0.29) is 37.9 Å². The Morgan fingerprint density at radius 3 is 2.33 bits per heavy atom. The van der Waals surface area contributed by atoms with Crippen molar-refractivity contribution in [1.82, 2.24) is 15.3 Å². The van der Waals surface area contributed by atoms with Crippen LogP contribution in [0.15, 0.2) is 30.3 Å². The number of nitrogens with one attached hydrogen (secondary N) is 1. The third-order valence-electron chi connectivity index (χ3n) is 9.57. The van der Waals surface area contributed by atoms with Crippen molar-refractivity contribution in [3.05, 3.63) is 41.5 Å². The highest BCUT2D eigenvalue weighted by Crippen LogP contribution is 2.58. The average molecular weight is 628 g/mol. The SMILES string of the molecule is CCCCCC1(CCCCC)O[C@@H]2[C@H]3ON(Cc4ccc(C=CC(=O)N(C)C)cc4)[C@H]4C(=O)OC(CC34C(=O)NCCO)[C@@H]2O1. The van der Waals surface area contributed by atoms with Gasteiger partial charge in [-0.25, -0.2) is 0 Å². The fourth-order valence-electron chi connectivity index (χ4n) is 7.26. The van der Waals surface area contributed by atoms with E-state index >= 15 is 0 Å². The molecule has 1 aromatic carbocycles. The van der Waals surface area contributed by atoms with Gasteiger partial charge in [0.1, 0.15) is 29.8 Å². The second-order valence-corrected chi connectivity index (χ2v) is 13.0. The number of likely N-dealkylation sites (N-methyl/N-ethyl adjacent to an activating group) is 1. The number of hydrogen-bond acceptors (Lipinski definition) is 9. The first-order valence-electron chi connectivity index (χ1n) is 16.5. The van der Waals surface area contributed by atoms with Gasteiger partial charge in [0.15, 0.2) is 11.8 Å². The maximum atomic E-state index is 14.0. The van der Waals surface area contributed by atoms with Crippen molar-refractivity contribution in [2.24, 2.45) is 5.41 Å². The van der Waals surface area contributed by atoms with Crippen LogP contribution in [0.1, 0.15) is 82.8 Å². The number of aliphatic hydroxyl groups is 1. The normalized spacial score (nSPS) is 29.9. The number of amides is 2. The number of hydrogen-bond donors (Lipinski definition) is 2. The Kier molecular flexibility index (Phi) is 10.7. The Morgan fingerprint density at radius 1 is 1.04 bits per heavy atom. The van der Waals surface area contributed by atoms with Crippen LogP contribution < -0.4 is 5.32 Å². The van der Waals surface area contributed by atoms with E-state index in [0.29, 0.717) is 0 Å². The molecule has 248 valence electrons. The molecule has 0 aromatic heterocycles. The van der Waals surface area contributed by atoms with Crippen LogP contribution in [0.2, 0.25) is 0 Å². The van der Waals surface area contributed by atoms with Crippen LogP contribution in [-0.2, 0) is 40.0 Å². The number of carbonyl (C=O) groups excluding carboxylic acids is 3. The molecule has 2 unspecified atom stereocenters. The molecule has 45 heavy (non-hydrogen) atoms. The van der Waals surface area contributed by atoms with Crippen LogP contribution in [0.4, 0.5) is 0 Å². The summed E-state index contributed by atoms with van der Waals surface area (Å²) in [5.41, 5.74) is 0.448. The van der Waals surface area contributed by atoms with Gasteiger partial charge in [0.05, 0.1) is 13.2 Å². The van der Waals surface area contributed by atoms with Gasteiger partial charge in [-0.3, -0.25) is 19.2 Å². The average Bonchev–Trinajstić information content (AvgIpc) is 3.58. The van der Waals surface area contributed by atoms with E-state index in [1.165, 1.54) is 11.0 Å². The molecule has 3 aliphatic heterocycles. The van der Waals surface area contributed by atoms with E-state index in [0.717, 1.165) is 62.5 Å². The van der Waals surface area contributed by atoms with E-state index < -0.39 is 47.6 Å².